The number of rotatable bonds is 2. The molecule has 4 heteroatoms. The lowest BCUT2D eigenvalue weighted by Gasteiger charge is -1.94. The zero-order valence-corrected chi connectivity index (χ0v) is 8.07. The molecule has 0 fully saturated rings. The molecule has 0 unspecified atom stereocenters. The molecule has 2 N–H and O–H groups in total. The summed E-state index contributed by atoms with van der Waals surface area (Å²) in [6.07, 6.45) is 0. The SMILES string of the molecule is CC(=O)c1ccc2[nH]c(C(=O)O)cc2c1. The van der Waals surface area contributed by atoms with Crippen molar-refractivity contribution in [1.29, 1.82) is 0 Å². The fourth-order valence-corrected chi connectivity index (χ4v) is 1.47. The fraction of sp³-hybridized carbons (Fsp3) is 0.0909. The molecular weight excluding hydrogens is 194 g/mol. The van der Waals surface area contributed by atoms with Crippen LogP contribution in [-0.2, 0) is 0 Å². The summed E-state index contributed by atoms with van der Waals surface area (Å²) in [4.78, 5) is 24.5. The maximum absolute atomic E-state index is 11.1. The third-order valence-electron chi connectivity index (χ3n) is 2.26. The minimum Gasteiger partial charge on any atom is -0.477 e. The van der Waals surface area contributed by atoms with Crippen LogP contribution in [0, 0.1) is 0 Å². The maximum Gasteiger partial charge on any atom is 0.352 e. The van der Waals surface area contributed by atoms with Crippen LogP contribution in [-0.4, -0.2) is 21.8 Å². The molecule has 0 aliphatic heterocycles. The molecule has 76 valence electrons. The number of carbonyl (C=O) groups is 2. The summed E-state index contributed by atoms with van der Waals surface area (Å²) in [5, 5.41) is 9.50. The monoisotopic (exact) mass is 203 g/mol. The van der Waals surface area contributed by atoms with E-state index >= 15 is 0 Å². The van der Waals surface area contributed by atoms with Crippen LogP contribution >= 0.6 is 0 Å². The molecule has 1 aromatic carbocycles. The van der Waals surface area contributed by atoms with Crippen molar-refractivity contribution in [2.75, 3.05) is 0 Å². The van der Waals surface area contributed by atoms with E-state index in [1.165, 1.54) is 13.0 Å². The summed E-state index contributed by atoms with van der Waals surface area (Å²) < 4.78 is 0. The van der Waals surface area contributed by atoms with Crippen LogP contribution in [0.15, 0.2) is 24.3 Å². The second-order valence-corrected chi connectivity index (χ2v) is 3.35. The van der Waals surface area contributed by atoms with Gasteiger partial charge in [-0.25, -0.2) is 4.79 Å². The molecule has 2 rings (SSSR count). The zero-order chi connectivity index (χ0) is 11.0. The number of ketones is 1. The molecule has 0 radical (unpaired) electrons. The summed E-state index contributed by atoms with van der Waals surface area (Å²) >= 11 is 0. The molecule has 0 amide bonds. The standard InChI is InChI=1S/C11H9NO3/c1-6(13)7-2-3-9-8(4-7)5-10(12-9)11(14)15/h2-5,12H,1H3,(H,14,15). The van der Waals surface area contributed by atoms with Gasteiger partial charge < -0.3 is 10.1 Å². The third-order valence-corrected chi connectivity index (χ3v) is 2.26. The van der Waals surface area contributed by atoms with E-state index in [0.29, 0.717) is 5.56 Å². The van der Waals surface area contributed by atoms with Gasteiger partial charge in [0.25, 0.3) is 0 Å². The Morgan fingerprint density at radius 3 is 2.60 bits per heavy atom. The summed E-state index contributed by atoms with van der Waals surface area (Å²) in [5.41, 5.74) is 1.43. The summed E-state index contributed by atoms with van der Waals surface area (Å²) in [5.74, 6) is -1.04. The average Bonchev–Trinajstić information content (AvgIpc) is 2.59. The number of carboxylic acids is 1. The lowest BCUT2D eigenvalue weighted by atomic mass is 10.1. The van der Waals surface area contributed by atoms with Crippen LogP contribution in [0.25, 0.3) is 10.9 Å². The number of fused-ring (bicyclic) bond motifs is 1. The Bertz CT molecular complexity index is 542. The Kier molecular flexibility index (Phi) is 2.04. The topological polar surface area (TPSA) is 70.2 Å². The highest BCUT2D eigenvalue weighted by molar-refractivity contribution is 6.00. The van der Waals surface area contributed by atoms with Gasteiger partial charge in [0.05, 0.1) is 0 Å². The Hall–Kier alpha value is -2.10. The quantitative estimate of drug-likeness (QED) is 0.734. The Balaban J connectivity index is 2.62. The van der Waals surface area contributed by atoms with Gasteiger partial charge in [0, 0.05) is 16.5 Å². The van der Waals surface area contributed by atoms with E-state index in [9.17, 15) is 9.59 Å². The van der Waals surface area contributed by atoms with Gasteiger partial charge in [-0.3, -0.25) is 4.79 Å². The number of H-pyrrole nitrogens is 1. The van der Waals surface area contributed by atoms with Crippen LogP contribution in [0.3, 0.4) is 0 Å². The number of aromatic amines is 1. The molecule has 0 aliphatic rings. The first-order valence-corrected chi connectivity index (χ1v) is 4.45. The highest BCUT2D eigenvalue weighted by atomic mass is 16.4. The van der Waals surface area contributed by atoms with Gasteiger partial charge in [0.1, 0.15) is 5.69 Å². The minimum absolute atomic E-state index is 0.0324. The first kappa shape index (κ1) is 9.45. The van der Waals surface area contributed by atoms with Crippen molar-refractivity contribution in [3.8, 4) is 0 Å². The van der Waals surface area contributed by atoms with Crippen LogP contribution in [0.4, 0.5) is 0 Å². The Morgan fingerprint density at radius 2 is 2.00 bits per heavy atom. The van der Waals surface area contributed by atoms with E-state index in [1.54, 1.807) is 18.2 Å². The largest absolute Gasteiger partial charge is 0.477 e. The number of hydrogen-bond acceptors (Lipinski definition) is 2. The van der Waals surface area contributed by atoms with Gasteiger partial charge in [-0.05, 0) is 31.2 Å². The lowest BCUT2D eigenvalue weighted by molar-refractivity contribution is 0.0691. The van der Waals surface area contributed by atoms with Crippen molar-refractivity contribution in [2.45, 2.75) is 6.92 Å². The predicted octanol–water partition coefficient (Wildman–Crippen LogP) is 2.07. The molecule has 15 heavy (non-hydrogen) atoms. The van der Waals surface area contributed by atoms with E-state index < -0.39 is 5.97 Å². The van der Waals surface area contributed by atoms with E-state index in [-0.39, 0.29) is 11.5 Å². The second-order valence-electron chi connectivity index (χ2n) is 3.35. The van der Waals surface area contributed by atoms with Crippen LogP contribution in [0.1, 0.15) is 27.8 Å². The van der Waals surface area contributed by atoms with Crippen molar-refractivity contribution >= 4 is 22.7 Å². The minimum atomic E-state index is -1.00. The van der Waals surface area contributed by atoms with Crippen molar-refractivity contribution in [1.82, 2.24) is 4.98 Å². The number of nitrogens with one attached hydrogen (secondary N) is 1. The van der Waals surface area contributed by atoms with Gasteiger partial charge in [0.2, 0.25) is 0 Å². The Morgan fingerprint density at radius 1 is 1.27 bits per heavy atom. The van der Waals surface area contributed by atoms with Gasteiger partial charge in [-0.1, -0.05) is 0 Å². The Labute approximate surface area is 85.5 Å². The predicted molar refractivity (Wildman–Crippen MR) is 55.3 cm³/mol. The maximum atomic E-state index is 11.1. The first-order valence-electron chi connectivity index (χ1n) is 4.45. The molecule has 1 heterocycles. The molecular formula is C11H9NO3. The number of aromatic carboxylic acids is 1. The molecule has 0 bridgehead atoms. The van der Waals surface area contributed by atoms with Gasteiger partial charge >= 0.3 is 5.97 Å². The molecule has 1 aromatic heterocycles. The van der Waals surface area contributed by atoms with Gasteiger partial charge in [-0.15, -0.1) is 0 Å². The highest BCUT2D eigenvalue weighted by Crippen LogP contribution is 2.17. The third kappa shape index (κ3) is 1.61. The van der Waals surface area contributed by atoms with Crippen LogP contribution in [0.2, 0.25) is 0 Å². The lowest BCUT2D eigenvalue weighted by Crippen LogP contribution is -1.94. The van der Waals surface area contributed by atoms with E-state index in [4.69, 9.17) is 5.11 Å². The highest BCUT2D eigenvalue weighted by Gasteiger charge is 2.08. The number of aromatic nitrogens is 1. The zero-order valence-electron chi connectivity index (χ0n) is 8.07. The molecule has 0 spiro atoms. The van der Waals surface area contributed by atoms with E-state index in [0.717, 1.165) is 10.9 Å². The van der Waals surface area contributed by atoms with Crippen molar-refractivity contribution in [2.24, 2.45) is 0 Å². The summed E-state index contributed by atoms with van der Waals surface area (Å²) in [6.45, 7) is 1.48. The van der Waals surface area contributed by atoms with Crippen molar-refractivity contribution in [3.05, 3.63) is 35.5 Å². The van der Waals surface area contributed by atoms with E-state index in [1.807, 2.05) is 0 Å². The van der Waals surface area contributed by atoms with Crippen LogP contribution in [0.5, 0.6) is 0 Å². The molecule has 0 saturated carbocycles. The van der Waals surface area contributed by atoms with Crippen LogP contribution < -0.4 is 0 Å². The summed E-state index contributed by atoms with van der Waals surface area (Å²) in [7, 11) is 0. The first-order chi connectivity index (χ1) is 7.08. The average molecular weight is 203 g/mol. The van der Waals surface area contributed by atoms with Gasteiger partial charge in [-0.2, -0.15) is 0 Å². The number of Topliss-reactive ketones (excluding diaryl/α,β-unsaturated/α-hetero) is 1. The normalized spacial score (nSPS) is 10.5. The fourth-order valence-electron chi connectivity index (χ4n) is 1.47. The molecule has 0 aliphatic carbocycles. The second kappa shape index (κ2) is 3.24. The molecule has 4 nitrogen and oxygen atoms in total. The van der Waals surface area contributed by atoms with E-state index in [2.05, 4.69) is 4.98 Å². The van der Waals surface area contributed by atoms with Gasteiger partial charge in [0.15, 0.2) is 5.78 Å². The number of carbonyl (C=O) groups excluding carboxylic acids is 1. The molecule has 0 saturated heterocycles. The van der Waals surface area contributed by atoms with Crippen molar-refractivity contribution in [3.63, 3.8) is 0 Å². The smallest absolute Gasteiger partial charge is 0.352 e. The molecule has 2 aromatic rings. The van der Waals surface area contributed by atoms with Crippen molar-refractivity contribution < 1.29 is 14.7 Å². The summed E-state index contributed by atoms with van der Waals surface area (Å²) in [6, 6.07) is 6.58. The number of benzene rings is 1. The number of hydrogen-bond donors (Lipinski definition) is 2. The number of carboxylic acid groups (broad SMARTS) is 1. The molecule has 0 atom stereocenters.